The quantitative estimate of drug-likeness (QED) is 0.729. The van der Waals surface area contributed by atoms with Gasteiger partial charge in [-0.25, -0.2) is 0 Å². The van der Waals surface area contributed by atoms with E-state index >= 15 is 0 Å². The second-order valence-corrected chi connectivity index (χ2v) is 4.93. The molecule has 16 heavy (non-hydrogen) atoms. The van der Waals surface area contributed by atoms with Crippen LogP contribution in [-0.2, 0) is 9.59 Å². The molecule has 1 heterocycles. The Balaban J connectivity index is 3.00. The molecule has 0 saturated carbocycles. The van der Waals surface area contributed by atoms with Crippen molar-refractivity contribution >= 4 is 11.8 Å². The first kappa shape index (κ1) is 12.7. The lowest BCUT2D eigenvalue weighted by Crippen LogP contribution is -2.68. The fourth-order valence-corrected chi connectivity index (χ4v) is 1.97. The molecule has 1 atom stereocenters. The summed E-state index contributed by atoms with van der Waals surface area (Å²) in [6, 6.07) is -0.364. The van der Waals surface area contributed by atoms with Crippen LogP contribution in [0.15, 0.2) is 12.2 Å². The summed E-state index contributed by atoms with van der Waals surface area (Å²) in [5.41, 5.74) is 0.0791. The Morgan fingerprint density at radius 3 is 2.50 bits per heavy atom. The van der Waals surface area contributed by atoms with Gasteiger partial charge in [-0.2, -0.15) is 0 Å². The first-order valence-corrected chi connectivity index (χ1v) is 5.57. The van der Waals surface area contributed by atoms with Gasteiger partial charge in [0.05, 0.1) is 0 Å². The van der Waals surface area contributed by atoms with Crippen molar-refractivity contribution in [2.24, 2.45) is 0 Å². The predicted molar refractivity (Wildman–Crippen MR) is 62.8 cm³/mol. The molecule has 0 aromatic heterocycles. The van der Waals surface area contributed by atoms with Crippen LogP contribution >= 0.6 is 0 Å². The molecule has 0 spiro atoms. The summed E-state index contributed by atoms with van der Waals surface area (Å²) in [6.45, 7) is 11.5. The molecule has 1 saturated heterocycles. The van der Waals surface area contributed by atoms with Crippen LogP contribution in [0.3, 0.4) is 0 Å². The zero-order valence-corrected chi connectivity index (χ0v) is 10.5. The number of hydrogen-bond acceptors (Lipinski definition) is 2. The van der Waals surface area contributed by atoms with E-state index in [1.54, 1.807) is 18.7 Å². The van der Waals surface area contributed by atoms with Crippen molar-refractivity contribution < 1.29 is 9.59 Å². The van der Waals surface area contributed by atoms with Crippen LogP contribution in [0.1, 0.15) is 34.1 Å². The Morgan fingerprint density at radius 2 is 2.06 bits per heavy atom. The van der Waals surface area contributed by atoms with Crippen molar-refractivity contribution in [1.82, 2.24) is 10.2 Å². The monoisotopic (exact) mass is 224 g/mol. The highest BCUT2D eigenvalue weighted by Crippen LogP contribution is 2.20. The summed E-state index contributed by atoms with van der Waals surface area (Å²) in [7, 11) is 0. The number of carbonyl (C=O) groups is 2. The van der Waals surface area contributed by atoms with E-state index < -0.39 is 5.54 Å². The molecule has 1 N–H and O–H groups in total. The van der Waals surface area contributed by atoms with Gasteiger partial charge in [0.15, 0.2) is 0 Å². The molecule has 1 fully saturated rings. The number of piperazine rings is 1. The van der Waals surface area contributed by atoms with Crippen molar-refractivity contribution in [3.05, 3.63) is 12.2 Å². The molecule has 4 nitrogen and oxygen atoms in total. The Kier molecular flexibility index (Phi) is 3.41. The van der Waals surface area contributed by atoms with E-state index in [0.29, 0.717) is 13.0 Å². The Morgan fingerprint density at radius 1 is 1.50 bits per heavy atom. The third-order valence-corrected chi connectivity index (χ3v) is 2.74. The first-order valence-electron chi connectivity index (χ1n) is 5.57. The van der Waals surface area contributed by atoms with Crippen molar-refractivity contribution in [2.45, 2.75) is 45.7 Å². The maximum absolute atomic E-state index is 12.2. The normalized spacial score (nSPS) is 24.2. The number of nitrogens with one attached hydrogen (secondary N) is 1. The van der Waals surface area contributed by atoms with Crippen LogP contribution in [0.4, 0.5) is 0 Å². The smallest absolute Gasteiger partial charge is 0.248 e. The van der Waals surface area contributed by atoms with Gasteiger partial charge in [0.1, 0.15) is 11.6 Å². The topological polar surface area (TPSA) is 49.4 Å². The summed E-state index contributed by atoms with van der Waals surface area (Å²) in [5.74, 6) is -0.115. The third-order valence-electron chi connectivity index (χ3n) is 2.74. The van der Waals surface area contributed by atoms with Crippen LogP contribution in [0.5, 0.6) is 0 Å². The number of carbonyl (C=O) groups excluding carboxylic acids is 2. The van der Waals surface area contributed by atoms with Gasteiger partial charge in [0.2, 0.25) is 11.8 Å². The summed E-state index contributed by atoms with van der Waals surface area (Å²) >= 11 is 0. The second kappa shape index (κ2) is 4.28. The second-order valence-electron chi connectivity index (χ2n) is 4.93. The van der Waals surface area contributed by atoms with Gasteiger partial charge in [-0.05, 0) is 27.2 Å². The standard InChI is InChI=1S/C12H20N2O2/c1-6-9-10(15)13-12(4,5)11(16)14(9)7-8(2)3/h9H,2,6-7H2,1,3-5H3,(H,13,15). The summed E-state index contributed by atoms with van der Waals surface area (Å²) in [6.07, 6.45) is 0.626. The zero-order valence-electron chi connectivity index (χ0n) is 10.5. The lowest BCUT2D eigenvalue weighted by Gasteiger charge is -2.42. The molecule has 0 aromatic carbocycles. The minimum atomic E-state index is -0.807. The third kappa shape index (κ3) is 2.26. The molecule has 0 bridgehead atoms. The van der Waals surface area contributed by atoms with Crippen LogP contribution in [0.2, 0.25) is 0 Å². The highest BCUT2D eigenvalue weighted by atomic mass is 16.2. The van der Waals surface area contributed by atoms with Crippen LogP contribution in [0.25, 0.3) is 0 Å². The fourth-order valence-electron chi connectivity index (χ4n) is 1.97. The predicted octanol–water partition coefficient (Wildman–Crippen LogP) is 1.08. The van der Waals surface area contributed by atoms with Gasteiger partial charge in [0.25, 0.3) is 0 Å². The van der Waals surface area contributed by atoms with E-state index in [9.17, 15) is 9.59 Å². The molecule has 2 amide bonds. The minimum absolute atomic E-state index is 0.0399. The van der Waals surface area contributed by atoms with Crippen LogP contribution in [-0.4, -0.2) is 34.8 Å². The van der Waals surface area contributed by atoms with Gasteiger partial charge in [-0.1, -0.05) is 19.1 Å². The maximum atomic E-state index is 12.2. The van der Waals surface area contributed by atoms with Crippen LogP contribution < -0.4 is 5.32 Å². The molecule has 1 aliphatic heterocycles. The first-order chi connectivity index (χ1) is 7.29. The molecule has 0 radical (unpaired) electrons. The number of amides is 2. The average molecular weight is 224 g/mol. The summed E-state index contributed by atoms with van der Waals surface area (Å²) < 4.78 is 0. The van der Waals surface area contributed by atoms with E-state index in [-0.39, 0.29) is 17.9 Å². The van der Waals surface area contributed by atoms with Gasteiger partial charge in [0, 0.05) is 6.54 Å². The molecule has 1 aliphatic rings. The molecule has 1 rings (SSSR count). The number of rotatable bonds is 3. The zero-order chi connectivity index (χ0) is 12.5. The lowest BCUT2D eigenvalue weighted by molar-refractivity contribution is -0.153. The molecule has 1 unspecified atom stereocenters. The minimum Gasteiger partial charge on any atom is -0.340 e. The SMILES string of the molecule is C=C(C)CN1C(=O)C(C)(C)NC(=O)C1CC. The van der Waals surface area contributed by atoms with E-state index in [0.717, 1.165) is 5.57 Å². The maximum Gasteiger partial charge on any atom is 0.248 e. The Hall–Kier alpha value is -1.32. The van der Waals surface area contributed by atoms with Crippen LogP contribution in [0, 0.1) is 0 Å². The molecular weight excluding hydrogens is 204 g/mol. The number of hydrogen-bond donors (Lipinski definition) is 1. The largest absolute Gasteiger partial charge is 0.340 e. The molecule has 0 aliphatic carbocycles. The van der Waals surface area contributed by atoms with Crippen molar-refractivity contribution in [3.63, 3.8) is 0 Å². The van der Waals surface area contributed by atoms with Gasteiger partial charge >= 0.3 is 0 Å². The lowest BCUT2D eigenvalue weighted by atomic mass is 9.95. The fraction of sp³-hybridized carbons (Fsp3) is 0.667. The van der Waals surface area contributed by atoms with Crippen molar-refractivity contribution in [2.75, 3.05) is 6.54 Å². The highest BCUT2D eigenvalue weighted by molar-refractivity contribution is 5.99. The average Bonchev–Trinajstić information content (AvgIpc) is 2.13. The van der Waals surface area contributed by atoms with E-state index in [1.807, 2.05) is 13.8 Å². The van der Waals surface area contributed by atoms with Gasteiger partial charge < -0.3 is 10.2 Å². The Labute approximate surface area is 96.7 Å². The number of nitrogens with zero attached hydrogens (tertiary/aromatic N) is 1. The molecule has 0 aromatic rings. The van der Waals surface area contributed by atoms with Gasteiger partial charge in [-0.3, -0.25) is 9.59 Å². The van der Waals surface area contributed by atoms with E-state index in [2.05, 4.69) is 11.9 Å². The molecular formula is C12H20N2O2. The van der Waals surface area contributed by atoms with Crippen molar-refractivity contribution in [1.29, 1.82) is 0 Å². The molecule has 90 valence electrons. The Bertz CT molecular complexity index is 334. The highest BCUT2D eigenvalue weighted by Gasteiger charge is 2.44. The van der Waals surface area contributed by atoms with Crippen molar-refractivity contribution in [3.8, 4) is 0 Å². The van der Waals surface area contributed by atoms with E-state index in [4.69, 9.17) is 0 Å². The van der Waals surface area contributed by atoms with E-state index in [1.165, 1.54) is 0 Å². The summed E-state index contributed by atoms with van der Waals surface area (Å²) in [5, 5.41) is 2.75. The summed E-state index contributed by atoms with van der Waals surface area (Å²) in [4.78, 5) is 25.6. The molecule has 4 heteroatoms. The van der Waals surface area contributed by atoms with Gasteiger partial charge in [-0.15, -0.1) is 0 Å².